The fourth-order valence-electron chi connectivity index (χ4n) is 3.16. The molecule has 7 heteroatoms. The first-order valence-corrected chi connectivity index (χ1v) is 9.73. The number of imide groups is 1. The van der Waals surface area contributed by atoms with Gasteiger partial charge in [-0.3, -0.25) is 9.59 Å². The summed E-state index contributed by atoms with van der Waals surface area (Å²) in [6.07, 6.45) is 0. The molecular formula is C22H18N2O4S. The Hall–Kier alpha value is -3.58. The maximum atomic E-state index is 13.2. The van der Waals surface area contributed by atoms with Crippen LogP contribution in [0.25, 0.3) is 5.57 Å². The molecule has 146 valence electrons. The third-order valence-electron chi connectivity index (χ3n) is 4.52. The first-order chi connectivity index (χ1) is 14.1. The zero-order chi connectivity index (χ0) is 20.4. The lowest BCUT2D eigenvalue weighted by atomic mass is 10.1. The first-order valence-electron chi connectivity index (χ1n) is 8.85. The summed E-state index contributed by atoms with van der Waals surface area (Å²) < 4.78 is 10.6. The smallest absolute Gasteiger partial charge is 0.282 e. The molecule has 4 rings (SSSR count). The van der Waals surface area contributed by atoms with Gasteiger partial charge in [-0.1, -0.05) is 24.3 Å². The van der Waals surface area contributed by atoms with Gasteiger partial charge in [-0.25, -0.2) is 4.90 Å². The zero-order valence-electron chi connectivity index (χ0n) is 15.8. The maximum absolute atomic E-state index is 13.2. The van der Waals surface area contributed by atoms with Gasteiger partial charge in [0.05, 0.1) is 25.5 Å². The number of carbonyl (C=O) groups is 2. The van der Waals surface area contributed by atoms with E-state index in [2.05, 4.69) is 5.32 Å². The van der Waals surface area contributed by atoms with Crippen molar-refractivity contribution in [3.8, 4) is 11.5 Å². The highest BCUT2D eigenvalue weighted by atomic mass is 32.1. The van der Waals surface area contributed by atoms with Crippen LogP contribution in [0.15, 0.2) is 71.7 Å². The van der Waals surface area contributed by atoms with Crippen molar-refractivity contribution in [2.24, 2.45) is 0 Å². The average Bonchev–Trinajstić information content (AvgIpc) is 3.35. The van der Waals surface area contributed by atoms with Gasteiger partial charge < -0.3 is 14.8 Å². The van der Waals surface area contributed by atoms with E-state index in [-0.39, 0.29) is 11.6 Å². The van der Waals surface area contributed by atoms with Gasteiger partial charge in [-0.15, -0.1) is 11.3 Å². The van der Waals surface area contributed by atoms with E-state index in [0.29, 0.717) is 28.4 Å². The van der Waals surface area contributed by atoms with Crippen LogP contribution in [0, 0.1) is 0 Å². The van der Waals surface area contributed by atoms with E-state index < -0.39 is 5.91 Å². The molecule has 2 amide bonds. The normalized spacial score (nSPS) is 13.8. The number of hydrogen-bond donors (Lipinski definition) is 1. The summed E-state index contributed by atoms with van der Waals surface area (Å²) in [6, 6.07) is 17.8. The van der Waals surface area contributed by atoms with Crippen molar-refractivity contribution in [3.05, 3.63) is 76.6 Å². The zero-order valence-corrected chi connectivity index (χ0v) is 16.7. The Balaban J connectivity index is 1.78. The number of para-hydroxylation sites is 1. The Bertz CT molecular complexity index is 1090. The molecule has 0 radical (unpaired) electrons. The quantitative estimate of drug-likeness (QED) is 0.623. The van der Waals surface area contributed by atoms with Crippen molar-refractivity contribution in [3.63, 3.8) is 0 Å². The highest BCUT2D eigenvalue weighted by molar-refractivity contribution is 7.11. The summed E-state index contributed by atoms with van der Waals surface area (Å²) in [5, 5.41) is 5.00. The van der Waals surface area contributed by atoms with E-state index in [0.717, 1.165) is 4.88 Å². The Morgan fingerprint density at radius 2 is 1.62 bits per heavy atom. The number of amides is 2. The average molecular weight is 406 g/mol. The third kappa shape index (κ3) is 3.36. The monoisotopic (exact) mass is 406 g/mol. The van der Waals surface area contributed by atoms with E-state index >= 15 is 0 Å². The van der Waals surface area contributed by atoms with Gasteiger partial charge in [0, 0.05) is 16.6 Å². The van der Waals surface area contributed by atoms with Crippen molar-refractivity contribution < 1.29 is 19.1 Å². The lowest BCUT2D eigenvalue weighted by Crippen LogP contribution is -2.32. The molecule has 29 heavy (non-hydrogen) atoms. The second-order valence-electron chi connectivity index (χ2n) is 6.20. The summed E-state index contributed by atoms with van der Waals surface area (Å²) in [7, 11) is 3.10. The van der Waals surface area contributed by atoms with Crippen molar-refractivity contribution in [1.82, 2.24) is 0 Å². The Morgan fingerprint density at radius 1 is 0.862 bits per heavy atom. The molecule has 0 atom stereocenters. The summed E-state index contributed by atoms with van der Waals surface area (Å²) >= 11 is 1.41. The summed E-state index contributed by atoms with van der Waals surface area (Å²) in [5.74, 6) is 0.337. The molecule has 1 aromatic heterocycles. The van der Waals surface area contributed by atoms with Crippen molar-refractivity contribution in [1.29, 1.82) is 0 Å². The van der Waals surface area contributed by atoms with E-state index in [9.17, 15) is 9.59 Å². The molecule has 6 nitrogen and oxygen atoms in total. The highest BCUT2D eigenvalue weighted by Gasteiger charge is 2.40. The van der Waals surface area contributed by atoms with Crippen LogP contribution in [0.3, 0.4) is 0 Å². The standard InChI is InChI=1S/C22H18N2O4S/c1-27-16-11-10-14(13-17(16)28-2)23-20-19(18-9-6-12-29-18)21(25)24(22(20)26)15-7-4-3-5-8-15/h3-13,23H,1-2H3. The summed E-state index contributed by atoms with van der Waals surface area (Å²) in [6.45, 7) is 0. The maximum Gasteiger partial charge on any atom is 0.282 e. The van der Waals surface area contributed by atoms with Crippen molar-refractivity contribution in [2.75, 3.05) is 24.4 Å². The molecule has 0 fully saturated rings. The number of thiophene rings is 1. The minimum absolute atomic E-state index is 0.230. The molecule has 3 aromatic rings. The number of ether oxygens (including phenoxy) is 2. The van der Waals surface area contributed by atoms with Crippen molar-refractivity contribution in [2.45, 2.75) is 0 Å². The third-order valence-corrected chi connectivity index (χ3v) is 5.41. The number of anilines is 2. The van der Waals surface area contributed by atoms with Crippen LogP contribution >= 0.6 is 11.3 Å². The molecule has 0 saturated carbocycles. The fraction of sp³-hybridized carbons (Fsp3) is 0.0909. The molecule has 2 heterocycles. The number of methoxy groups -OCH3 is 2. The van der Waals surface area contributed by atoms with Crippen LogP contribution in [0.5, 0.6) is 11.5 Å². The molecule has 0 spiro atoms. The lowest BCUT2D eigenvalue weighted by molar-refractivity contribution is -0.120. The van der Waals surface area contributed by atoms with Crippen molar-refractivity contribution >= 4 is 40.1 Å². The van der Waals surface area contributed by atoms with Gasteiger partial charge in [0.15, 0.2) is 11.5 Å². The molecule has 1 aliphatic rings. The molecule has 0 saturated heterocycles. The predicted molar refractivity (Wildman–Crippen MR) is 113 cm³/mol. The minimum atomic E-state index is -0.403. The van der Waals surface area contributed by atoms with Crippen LogP contribution in [0.2, 0.25) is 0 Å². The molecule has 0 aliphatic carbocycles. The van der Waals surface area contributed by atoms with Gasteiger partial charge in [0.1, 0.15) is 5.70 Å². The summed E-state index contributed by atoms with van der Waals surface area (Å²) in [4.78, 5) is 28.4. The van der Waals surface area contributed by atoms with Gasteiger partial charge in [0.2, 0.25) is 0 Å². The Kier molecular flexibility index (Phi) is 5.05. The van der Waals surface area contributed by atoms with E-state index in [4.69, 9.17) is 9.47 Å². The number of nitrogens with zero attached hydrogens (tertiary/aromatic N) is 1. The van der Waals surface area contributed by atoms with Crippen LogP contribution in [-0.4, -0.2) is 26.0 Å². The fourth-order valence-corrected chi connectivity index (χ4v) is 3.93. The minimum Gasteiger partial charge on any atom is -0.493 e. The number of rotatable bonds is 6. The number of hydrogen-bond acceptors (Lipinski definition) is 6. The van der Waals surface area contributed by atoms with E-state index in [1.165, 1.54) is 16.2 Å². The second-order valence-corrected chi connectivity index (χ2v) is 7.15. The second kappa shape index (κ2) is 7.81. The van der Waals surface area contributed by atoms with Gasteiger partial charge >= 0.3 is 0 Å². The Morgan fingerprint density at radius 3 is 2.28 bits per heavy atom. The number of nitrogens with one attached hydrogen (secondary N) is 1. The number of benzene rings is 2. The molecule has 1 aliphatic heterocycles. The van der Waals surface area contributed by atoms with Crippen LogP contribution < -0.4 is 19.7 Å². The van der Waals surface area contributed by atoms with Crippen LogP contribution in [0.4, 0.5) is 11.4 Å². The van der Waals surface area contributed by atoms with Gasteiger partial charge in [-0.05, 0) is 35.7 Å². The summed E-state index contributed by atoms with van der Waals surface area (Å²) in [5.41, 5.74) is 1.72. The molecular weight excluding hydrogens is 388 g/mol. The topological polar surface area (TPSA) is 67.9 Å². The van der Waals surface area contributed by atoms with Gasteiger partial charge in [0.25, 0.3) is 11.8 Å². The highest BCUT2D eigenvalue weighted by Crippen LogP contribution is 2.37. The number of carbonyl (C=O) groups excluding carboxylic acids is 2. The van der Waals surface area contributed by atoms with E-state index in [1.807, 2.05) is 23.6 Å². The van der Waals surface area contributed by atoms with Gasteiger partial charge in [-0.2, -0.15) is 0 Å². The molecule has 0 unspecified atom stereocenters. The first kappa shape index (κ1) is 18.8. The largest absolute Gasteiger partial charge is 0.493 e. The molecule has 1 N–H and O–H groups in total. The Labute approximate surface area is 172 Å². The predicted octanol–water partition coefficient (Wildman–Crippen LogP) is 4.16. The molecule has 2 aromatic carbocycles. The lowest BCUT2D eigenvalue weighted by Gasteiger charge is -2.15. The van der Waals surface area contributed by atoms with E-state index in [1.54, 1.807) is 56.7 Å². The molecule has 0 bridgehead atoms. The van der Waals surface area contributed by atoms with Crippen LogP contribution in [0.1, 0.15) is 4.88 Å². The SMILES string of the molecule is COc1ccc(NC2=C(c3cccs3)C(=O)N(c3ccccc3)C2=O)cc1OC. The van der Waals surface area contributed by atoms with Crippen LogP contribution in [-0.2, 0) is 9.59 Å².